The van der Waals surface area contributed by atoms with Crippen molar-refractivity contribution in [2.24, 2.45) is 0 Å². The molecule has 1 heterocycles. The van der Waals surface area contributed by atoms with Crippen LogP contribution >= 0.6 is 0 Å². The third kappa shape index (κ3) is 3.31. The van der Waals surface area contributed by atoms with E-state index in [4.69, 9.17) is 9.47 Å². The fraction of sp³-hybridized carbons (Fsp3) is 0.316. The number of carbonyl (C=O) groups is 1. The Hall–Kier alpha value is -2.49. The van der Waals surface area contributed by atoms with Crippen molar-refractivity contribution in [3.8, 4) is 11.5 Å². The molecule has 0 fully saturated rings. The zero-order valence-electron chi connectivity index (χ0n) is 13.7. The Labute approximate surface area is 136 Å². The topological polar surface area (TPSA) is 47.6 Å². The van der Waals surface area contributed by atoms with Gasteiger partial charge in [-0.3, -0.25) is 4.79 Å². The number of fused-ring (bicyclic) bond motifs is 1. The molecule has 1 amide bonds. The lowest BCUT2D eigenvalue weighted by Gasteiger charge is -2.20. The highest BCUT2D eigenvalue weighted by molar-refractivity contribution is 5.95. The molecule has 4 nitrogen and oxygen atoms in total. The number of benzene rings is 2. The van der Waals surface area contributed by atoms with E-state index in [1.54, 1.807) is 18.2 Å². The van der Waals surface area contributed by atoms with Gasteiger partial charge in [0.25, 0.3) is 5.91 Å². The summed E-state index contributed by atoms with van der Waals surface area (Å²) >= 11 is 0. The van der Waals surface area contributed by atoms with Crippen LogP contribution in [0.2, 0.25) is 0 Å². The molecule has 2 aromatic carbocycles. The first-order valence-electron chi connectivity index (χ1n) is 7.82. The second kappa shape index (κ2) is 6.32. The molecule has 1 aliphatic heterocycles. The molecule has 0 saturated carbocycles. The van der Waals surface area contributed by atoms with Gasteiger partial charge in [0.1, 0.15) is 13.2 Å². The van der Waals surface area contributed by atoms with Crippen molar-refractivity contribution < 1.29 is 14.3 Å². The predicted molar refractivity (Wildman–Crippen MR) is 89.2 cm³/mol. The first-order valence-corrected chi connectivity index (χ1v) is 7.82. The van der Waals surface area contributed by atoms with E-state index in [1.165, 1.54) is 11.1 Å². The lowest BCUT2D eigenvalue weighted by atomic mass is 10.00. The first kappa shape index (κ1) is 15.4. The fourth-order valence-electron chi connectivity index (χ4n) is 2.85. The van der Waals surface area contributed by atoms with Gasteiger partial charge in [0.15, 0.2) is 11.5 Å². The Balaban J connectivity index is 1.76. The zero-order chi connectivity index (χ0) is 16.4. The van der Waals surface area contributed by atoms with Crippen molar-refractivity contribution in [1.82, 2.24) is 5.32 Å². The van der Waals surface area contributed by atoms with Crippen LogP contribution in [0.15, 0.2) is 36.4 Å². The molecule has 0 unspecified atom stereocenters. The van der Waals surface area contributed by atoms with Crippen LogP contribution in [0.5, 0.6) is 11.5 Å². The van der Waals surface area contributed by atoms with Gasteiger partial charge in [-0.1, -0.05) is 23.8 Å². The zero-order valence-corrected chi connectivity index (χ0v) is 13.7. The van der Waals surface area contributed by atoms with Crippen molar-refractivity contribution in [1.29, 1.82) is 0 Å². The van der Waals surface area contributed by atoms with Crippen LogP contribution in [-0.2, 0) is 0 Å². The minimum atomic E-state index is -0.116. The lowest BCUT2D eigenvalue weighted by molar-refractivity contribution is 0.0938. The van der Waals surface area contributed by atoms with Gasteiger partial charge in [0, 0.05) is 5.56 Å². The van der Waals surface area contributed by atoms with E-state index in [1.807, 2.05) is 6.92 Å². The van der Waals surface area contributed by atoms with Crippen LogP contribution in [0.25, 0.3) is 0 Å². The molecular formula is C19H21NO3. The van der Waals surface area contributed by atoms with Gasteiger partial charge in [-0.15, -0.1) is 0 Å². The molecule has 0 radical (unpaired) electrons. The Kier molecular flexibility index (Phi) is 4.24. The summed E-state index contributed by atoms with van der Waals surface area (Å²) in [6.07, 6.45) is 0. The quantitative estimate of drug-likeness (QED) is 0.942. The van der Waals surface area contributed by atoms with Crippen LogP contribution in [0, 0.1) is 13.8 Å². The number of aryl methyl sites for hydroxylation is 2. The highest BCUT2D eigenvalue weighted by Crippen LogP contribution is 2.31. The smallest absolute Gasteiger partial charge is 0.251 e. The molecule has 0 saturated heterocycles. The lowest BCUT2D eigenvalue weighted by Crippen LogP contribution is -2.27. The molecule has 120 valence electrons. The summed E-state index contributed by atoms with van der Waals surface area (Å²) in [7, 11) is 0. The van der Waals surface area contributed by atoms with Crippen LogP contribution in [0.3, 0.4) is 0 Å². The standard InChI is InChI=1S/C19H21NO3/c1-12-4-6-16(13(2)10-12)14(3)20-19(21)15-5-7-17-18(11-15)23-9-8-22-17/h4-7,10-11,14H,8-9H2,1-3H3,(H,20,21)/t14-/m1/s1. The summed E-state index contributed by atoms with van der Waals surface area (Å²) in [4.78, 5) is 12.5. The summed E-state index contributed by atoms with van der Waals surface area (Å²) < 4.78 is 11.0. The van der Waals surface area contributed by atoms with E-state index in [0.29, 0.717) is 30.3 Å². The molecule has 0 bridgehead atoms. The van der Waals surface area contributed by atoms with E-state index in [2.05, 4.69) is 37.4 Å². The normalized spacial score (nSPS) is 14.2. The molecular weight excluding hydrogens is 290 g/mol. The number of hydrogen-bond acceptors (Lipinski definition) is 3. The highest BCUT2D eigenvalue weighted by atomic mass is 16.6. The molecule has 0 spiro atoms. The van der Waals surface area contributed by atoms with Gasteiger partial charge >= 0.3 is 0 Å². The minimum Gasteiger partial charge on any atom is -0.486 e. The van der Waals surface area contributed by atoms with E-state index in [0.717, 1.165) is 5.56 Å². The Morgan fingerprint density at radius 1 is 1.04 bits per heavy atom. The Morgan fingerprint density at radius 3 is 2.52 bits per heavy atom. The van der Waals surface area contributed by atoms with Gasteiger partial charge in [-0.25, -0.2) is 0 Å². The van der Waals surface area contributed by atoms with Gasteiger partial charge < -0.3 is 14.8 Å². The molecule has 1 aliphatic rings. The van der Waals surface area contributed by atoms with Crippen LogP contribution in [-0.4, -0.2) is 19.1 Å². The van der Waals surface area contributed by atoms with Crippen molar-refractivity contribution >= 4 is 5.91 Å². The van der Waals surface area contributed by atoms with Gasteiger partial charge in [-0.2, -0.15) is 0 Å². The third-order valence-corrected chi connectivity index (χ3v) is 4.04. The maximum atomic E-state index is 12.5. The van der Waals surface area contributed by atoms with E-state index < -0.39 is 0 Å². The van der Waals surface area contributed by atoms with Crippen molar-refractivity contribution in [2.75, 3.05) is 13.2 Å². The summed E-state index contributed by atoms with van der Waals surface area (Å²) in [5.74, 6) is 1.20. The molecule has 1 N–H and O–H groups in total. The predicted octanol–water partition coefficient (Wildman–Crippen LogP) is 3.57. The molecule has 1 atom stereocenters. The molecule has 0 aromatic heterocycles. The highest BCUT2D eigenvalue weighted by Gasteiger charge is 2.17. The number of ether oxygens (including phenoxy) is 2. The third-order valence-electron chi connectivity index (χ3n) is 4.04. The summed E-state index contributed by atoms with van der Waals surface area (Å²) in [5, 5.41) is 3.04. The van der Waals surface area contributed by atoms with Gasteiger partial charge in [0.2, 0.25) is 0 Å². The molecule has 3 rings (SSSR count). The number of carbonyl (C=O) groups excluding carboxylic acids is 1. The average Bonchev–Trinajstić information content (AvgIpc) is 2.54. The van der Waals surface area contributed by atoms with Crippen LogP contribution < -0.4 is 14.8 Å². The second-order valence-corrected chi connectivity index (χ2v) is 5.91. The molecule has 23 heavy (non-hydrogen) atoms. The van der Waals surface area contributed by atoms with E-state index in [9.17, 15) is 4.79 Å². The monoisotopic (exact) mass is 311 g/mol. The number of hydrogen-bond donors (Lipinski definition) is 1. The number of nitrogens with one attached hydrogen (secondary N) is 1. The number of rotatable bonds is 3. The number of amides is 1. The van der Waals surface area contributed by atoms with Crippen LogP contribution in [0.1, 0.15) is 40.0 Å². The SMILES string of the molecule is Cc1ccc([C@@H](C)NC(=O)c2ccc3c(c2)OCCO3)c(C)c1. The Bertz CT molecular complexity index is 739. The van der Waals surface area contributed by atoms with Crippen LogP contribution in [0.4, 0.5) is 0 Å². The fourth-order valence-corrected chi connectivity index (χ4v) is 2.85. The van der Waals surface area contributed by atoms with Crippen molar-refractivity contribution in [3.05, 3.63) is 58.7 Å². The molecule has 0 aliphatic carbocycles. The van der Waals surface area contributed by atoms with E-state index in [-0.39, 0.29) is 11.9 Å². The average molecular weight is 311 g/mol. The largest absolute Gasteiger partial charge is 0.486 e. The summed E-state index contributed by atoms with van der Waals surface area (Å²) in [5.41, 5.74) is 4.10. The molecule has 2 aromatic rings. The summed E-state index contributed by atoms with van der Waals surface area (Å²) in [6.45, 7) is 7.18. The minimum absolute atomic E-state index is 0.0590. The second-order valence-electron chi connectivity index (χ2n) is 5.91. The Morgan fingerprint density at radius 2 is 1.78 bits per heavy atom. The van der Waals surface area contributed by atoms with Gasteiger partial charge in [0.05, 0.1) is 6.04 Å². The first-order chi connectivity index (χ1) is 11.0. The maximum absolute atomic E-state index is 12.5. The van der Waals surface area contributed by atoms with Crippen molar-refractivity contribution in [3.63, 3.8) is 0 Å². The molecule has 4 heteroatoms. The van der Waals surface area contributed by atoms with Gasteiger partial charge in [-0.05, 0) is 50.1 Å². The summed E-state index contributed by atoms with van der Waals surface area (Å²) in [6, 6.07) is 11.5. The van der Waals surface area contributed by atoms with E-state index >= 15 is 0 Å². The van der Waals surface area contributed by atoms with Crippen molar-refractivity contribution in [2.45, 2.75) is 26.8 Å². The maximum Gasteiger partial charge on any atom is 0.251 e.